The first-order chi connectivity index (χ1) is 7.61. The van der Waals surface area contributed by atoms with E-state index in [-0.39, 0.29) is 5.69 Å². The fraction of sp³-hybridized carbons (Fsp3) is 0.300. The van der Waals surface area contributed by atoms with Crippen LogP contribution in [0.25, 0.3) is 10.6 Å². The molecule has 6 heteroatoms. The Labute approximate surface area is 96.5 Å². The van der Waals surface area contributed by atoms with Crippen molar-refractivity contribution in [3.8, 4) is 10.6 Å². The molecular weight excluding hydrogens is 226 g/mol. The highest BCUT2D eigenvalue weighted by molar-refractivity contribution is 7.15. The molecule has 0 aliphatic rings. The SMILES string of the molecule is COC(=O)c1cc(-c2sc(C)nc2C)[nH]n1. The van der Waals surface area contributed by atoms with Gasteiger partial charge in [-0.25, -0.2) is 9.78 Å². The summed E-state index contributed by atoms with van der Waals surface area (Å²) in [5.41, 5.74) is 2.01. The lowest BCUT2D eigenvalue weighted by Gasteiger charge is -1.91. The molecule has 84 valence electrons. The number of thiazole rings is 1. The zero-order valence-corrected chi connectivity index (χ0v) is 10.0. The Morgan fingerprint density at radius 2 is 2.25 bits per heavy atom. The van der Waals surface area contributed by atoms with E-state index in [1.807, 2.05) is 13.8 Å². The molecular formula is C10H11N3O2S. The van der Waals surface area contributed by atoms with E-state index in [0.717, 1.165) is 21.3 Å². The Morgan fingerprint density at radius 1 is 1.50 bits per heavy atom. The van der Waals surface area contributed by atoms with E-state index < -0.39 is 5.97 Å². The largest absolute Gasteiger partial charge is 0.464 e. The lowest BCUT2D eigenvalue weighted by atomic mass is 10.3. The standard InChI is InChI=1S/C10H11N3O2S/c1-5-9(16-6(2)11-5)7-4-8(13-12-7)10(14)15-3/h4H,1-3H3,(H,12,13). The Balaban J connectivity index is 2.38. The van der Waals surface area contributed by atoms with E-state index in [0.29, 0.717) is 0 Å². The van der Waals surface area contributed by atoms with Crippen LogP contribution in [0.5, 0.6) is 0 Å². The minimum absolute atomic E-state index is 0.281. The minimum atomic E-state index is -0.443. The van der Waals surface area contributed by atoms with E-state index in [9.17, 15) is 4.79 Å². The van der Waals surface area contributed by atoms with Gasteiger partial charge >= 0.3 is 5.97 Å². The lowest BCUT2D eigenvalue weighted by Crippen LogP contribution is -2.00. The Kier molecular flexibility index (Phi) is 2.74. The molecule has 0 amide bonds. The van der Waals surface area contributed by atoms with E-state index in [1.54, 1.807) is 17.4 Å². The van der Waals surface area contributed by atoms with Crippen molar-refractivity contribution in [3.05, 3.63) is 22.5 Å². The summed E-state index contributed by atoms with van der Waals surface area (Å²) >= 11 is 1.57. The van der Waals surface area contributed by atoms with Crippen molar-refractivity contribution in [1.82, 2.24) is 15.2 Å². The molecule has 0 bridgehead atoms. The van der Waals surface area contributed by atoms with Crippen LogP contribution in [0.3, 0.4) is 0 Å². The van der Waals surface area contributed by atoms with Gasteiger partial charge in [0.15, 0.2) is 5.69 Å². The average molecular weight is 237 g/mol. The van der Waals surface area contributed by atoms with Crippen molar-refractivity contribution in [3.63, 3.8) is 0 Å². The number of aromatic nitrogens is 3. The van der Waals surface area contributed by atoms with Crippen LogP contribution in [0.1, 0.15) is 21.2 Å². The maximum atomic E-state index is 11.2. The predicted octanol–water partition coefficient (Wildman–Crippen LogP) is 1.94. The summed E-state index contributed by atoms with van der Waals surface area (Å²) in [7, 11) is 1.33. The summed E-state index contributed by atoms with van der Waals surface area (Å²) in [6.07, 6.45) is 0. The highest BCUT2D eigenvalue weighted by Crippen LogP contribution is 2.28. The molecule has 16 heavy (non-hydrogen) atoms. The van der Waals surface area contributed by atoms with Gasteiger partial charge in [0.1, 0.15) is 0 Å². The Hall–Kier alpha value is -1.69. The van der Waals surface area contributed by atoms with Crippen LogP contribution in [0.15, 0.2) is 6.07 Å². The second-order valence-corrected chi connectivity index (χ2v) is 4.51. The molecule has 0 saturated heterocycles. The Bertz CT molecular complexity index is 530. The van der Waals surface area contributed by atoms with Crippen molar-refractivity contribution < 1.29 is 9.53 Å². The summed E-state index contributed by atoms with van der Waals surface area (Å²) < 4.78 is 4.59. The quantitative estimate of drug-likeness (QED) is 0.810. The number of ether oxygens (including phenoxy) is 1. The lowest BCUT2D eigenvalue weighted by molar-refractivity contribution is 0.0594. The number of nitrogens with one attached hydrogen (secondary N) is 1. The number of aryl methyl sites for hydroxylation is 2. The number of carbonyl (C=O) groups is 1. The first-order valence-corrected chi connectivity index (χ1v) is 5.51. The molecule has 0 aromatic carbocycles. The highest BCUT2D eigenvalue weighted by atomic mass is 32.1. The van der Waals surface area contributed by atoms with Crippen LogP contribution in [0, 0.1) is 13.8 Å². The van der Waals surface area contributed by atoms with Crippen molar-refractivity contribution in [2.24, 2.45) is 0 Å². The number of H-pyrrole nitrogens is 1. The zero-order chi connectivity index (χ0) is 11.7. The highest BCUT2D eigenvalue weighted by Gasteiger charge is 2.14. The van der Waals surface area contributed by atoms with Gasteiger partial charge in [0.2, 0.25) is 0 Å². The zero-order valence-electron chi connectivity index (χ0n) is 9.20. The molecule has 0 fully saturated rings. The molecule has 0 atom stereocenters. The van der Waals surface area contributed by atoms with Gasteiger partial charge in [0.25, 0.3) is 0 Å². The van der Waals surface area contributed by atoms with E-state index >= 15 is 0 Å². The van der Waals surface area contributed by atoms with Crippen molar-refractivity contribution in [1.29, 1.82) is 0 Å². The van der Waals surface area contributed by atoms with Crippen LogP contribution < -0.4 is 0 Å². The summed E-state index contributed by atoms with van der Waals surface area (Å²) in [6, 6.07) is 1.67. The summed E-state index contributed by atoms with van der Waals surface area (Å²) in [5.74, 6) is -0.443. The molecule has 5 nitrogen and oxygen atoms in total. The number of hydrogen-bond acceptors (Lipinski definition) is 5. The van der Waals surface area contributed by atoms with Gasteiger partial charge in [-0.2, -0.15) is 5.10 Å². The van der Waals surface area contributed by atoms with Crippen LogP contribution in [-0.2, 0) is 4.74 Å². The Morgan fingerprint density at radius 3 is 2.81 bits per heavy atom. The number of methoxy groups -OCH3 is 1. The maximum Gasteiger partial charge on any atom is 0.358 e. The molecule has 0 saturated carbocycles. The molecule has 0 aliphatic heterocycles. The number of hydrogen-bond donors (Lipinski definition) is 1. The van der Waals surface area contributed by atoms with E-state index in [1.165, 1.54) is 7.11 Å². The van der Waals surface area contributed by atoms with Gasteiger partial charge in [0, 0.05) is 0 Å². The van der Waals surface area contributed by atoms with Crippen LogP contribution in [0.2, 0.25) is 0 Å². The summed E-state index contributed by atoms with van der Waals surface area (Å²) in [5, 5.41) is 7.69. The number of nitrogens with zero attached hydrogens (tertiary/aromatic N) is 2. The molecule has 0 spiro atoms. The fourth-order valence-corrected chi connectivity index (χ4v) is 2.31. The molecule has 0 aliphatic carbocycles. The molecule has 2 rings (SSSR count). The topological polar surface area (TPSA) is 67.9 Å². The molecule has 0 unspecified atom stereocenters. The number of rotatable bonds is 2. The van der Waals surface area contributed by atoms with Gasteiger partial charge in [-0.15, -0.1) is 11.3 Å². The van der Waals surface area contributed by atoms with E-state index in [4.69, 9.17) is 0 Å². The molecule has 2 heterocycles. The number of esters is 1. The number of carbonyl (C=O) groups excluding carboxylic acids is 1. The van der Waals surface area contributed by atoms with Crippen molar-refractivity contribution in [2.75, 3.05) is 7.11 Å². The molecule has 1 N–H and O–H groups in total. The summed E-state index contributed by atoms with van der Waals surface area (Å²) in [6.45, 7) is 3.87. The van der Waals surface area contributed by atoms with Crippen LogP contribution in [-0.4, -0.2) is 28.3 Å². The normalized spacial score (nSPS) is 10.4. The summed E-state index contributed by atoms with van der Waals surface area (Å²) in [4.78, 5) is 16.5. The third-order valence-electron chi connectivity index (χ3n) is 2.12. The van der Waals surface area contributed by atoms with Crippen LogP contribution >= 0.6 is 11.3 Å². The van der Waals surface area contributed by atoms with E-state index in [2.05, 4.69) is 19.9 Å². The minimum Gasteiger partial charge on any atom is -0.464 e. The van der Waals surface area contributed by atoms with Crippen molar-refractivity contribution in [2.45, 2.75) is 13.8 Å². The maximum absolute atomic E-state index is 11.2. The van der Waals surface area contributed by atoms with Gasteiger partial charge in [0.05, 0.1) is 28.4 Å². The molecule has 2 aromatic rings. The predicted molar refractivity (Wildman–Crippen MR) is 60.5 cm³/mol. The van der Waals surface area contributed by atoms with Crippen molar-refractivity contribution >= 4 is 17.3 Å². The smallest absolute Gasteiger partial charge is 0.358 e. The second-order valence-electron chi connectivity index (χ2n) is 3.31. The van der Waals surface area contributed by atoms with Gasteiger partial charge < -0.3 is 4.74 Å². The van der Waals surface area contributed by atoms with Crippen LogP contribution in [0.4, 0.5) is 0 Å². The first kappa shape index (κ1) is 10.8. The monoisotopic (exact) mass is 237 g/mol. The van der Waals surface area contributed by atoms with Gasteiger partial charge in [-0.3, -0.25) is 5.10 Å². The fourth-order valence-electron chi connectivity index (χ4n) is 1.43. The third-order valence-corrected chi connectivity index (χ3v) is 3.23. The first-order valence-electron chi connectivity index (χ1n) is 4.70. The average Bonchev–Trinajstić information content (AvgIpc) is 2.83. The molecule has 2 aromatic heterocycles. The second kappa shape index (κ2) is 4.05. The number of aromatic amines is 1. The van der Waals surface area contributed by atoms with Gasteiger partial charge in [-0.05, 0) is 19.9 Å². The van der Waals surface area contributed by atoms with Gasteiger partial charge in [-0.1, -0.05) is 0 Å². The molecule has 0 radical (unpaired) electrons. The third kappa shape index (κ3) is 1.83.